The Bertz CT molecular complexity index is 786. The third-order valence-corrected chi connectivity index (χ3v) is 6.07. The molecule has 2 aliphatic heterocycles. The van der Waals surface area contributed by atoms with Gasteiger partial charge in [0, 0.05) is 13.3 Å². The summed E-state index contributed by atoms with van der Waals surface area (Å²) >= 11 is 0.921. The maximum atomic E-state index is 13.0. The molecule has 2 N–H and O–H groups in total. The van der Waals surface area contributed by atoms with Crippen LogP contribution >= 0.6 is 11.8 Å². The van der Waals surface area contributed by atoms with Crippen molar-refractivity contribution in [1.29, 1.82) is 0 Å². The zero-order valence-electron chi connectivity index (χ0n) is 16.1. The van der Waals surface area contributed by atoms with Crippen LogP contribution in [0.3, 0.4) is 0 Å². The van der Waals surface area contributed by atoms with E-state index in [0.29, 0.717) is 19.3 Å². The highest BCUT2D eigenvalue weighted by Gasteiger charge is 2.46. The van der Waals surface area contributed by atoms with Crippen LogP contribution < -0.4 is 5.32 Å². The summed E-state index contributed by atoms with van der Waals surface area (Å²) in [4.78, 5) is 50.3. The van der Waals surface area contributed by atoms with Crippen LogP contribution in [0.1, 0.15) is 31.7 Å². The summed E-state index contributed by atoms with van der Waals surface area (Å²) in [6.07, 6.45) is 0.811. The zero-order chi connectivity index (χ0) is 21.0. The third-order valence-electron chi connectivity index (χ3n) is 5.07. The number of hydrogen-bond donors (Lipinski definition) is 2. The molecule has 29 heavy (non-hydrogen) atoms. The molecule has 1 aromatic carbocycles. The van der Waals surface area contributed by atoms with Crippen LogP contribution in [-0.4, -0.2) is 63.1 Å². The number of carboxylic acids is 1. The molecule has 4 unspecified atom stereocenters. The number of hydrogen-bond acceptors (Lipinski definition) is 6. The number of nitrogens with one attached hydrogen (secondary N) is 1. The topological polar surface area (TPSA) is 113 Å². The second-order valence-corrected chi connectivity index (χ2v) is 8.52. The molecule has 0 saturated carbocycles. The van der Waals surface area contributed by atoms with Gasteiger partial charge in [0.2, 0.25) is 11.8 Å². The van der Waals surface area contributed by atoms with Crippen molar-refractivity contribution in [3.8, 4) is 0 Å². The fourth-order valence-corrected chi connectivity index (χ4v) is 4.57. The molecule has 1 aromatic rings. The quantitative estimate of drug-likeness (QED) is 0.711. The predicted molar refractivity (Wildman–Crippen MR) is 106 cm³/mol. The Morgan fingerprint density at radius 2 is 1.97 bits per heavy atom. The number of carbonyl (C=O) groups is 4. The van der Waals surface area contributed by atoms with Gasteiger partial charge in [0.15, 0.2) is 5.12 Å². The summed E-state index contributed by atoms with van der Waals surface area (Å²) < 4.78 is 5.64. The highest BCUT2D eigenvalue weighted by molar-refractivity contribution is 8.14. The van der Waals surface area contributed by atoms with E-state index in [1.165, 1.54) is 11.8 Å². The first-order chi connectivity index (χ1) is 13.9. The van der Waals surface area contributed by atoms with Crippen molar-refractivity contribution in [2.45, 2.75) is 56.2 Å². The highest BCUT2D eigenvalue weighted by atomic mass is 32.2. The first-order valence-electron chi connectivity index (χ1n) is 9.55. The lowest BCUT2D eigenvalue weighted by atomic mass is 10.1. The van der Waals surface area contributed by atoms with Gasteiger partial charge in [0.25, 0.3) is 0 Å². The molecule has 0 aromatic heterocycles. The van der Waals surface area contributed by atoms with Crippen molar-refractivity contribution < 1.29 is 29.0 Å². The molecular weight excluding hydrogens is 396 g/mol. The summed E-state index contributed by atoms with van der Waals surface area (Å²) in [5.41, 5.74) is 0.905. The molecule has 0 radical (unpaired) electrons. The standard InChI is InChI=1S/C20H24N2O6S/c1-12(23)29-16(11-13-5-3-2-4-6-13)18(24)21-14-9-10-28-17-8-7-15(20(26)27)22(17)19(14)25/h2-6,14-17H,7-11H2,1H3,(H,21,24)(H,26,27). The van der Waals surface area contributed by atoms with Crippen LogP contribution in [0.2, 0.25) is 0 Å². The lowest BCUT2D eigenvalue weighted by Crippen LogP contribution is -2.54. The van der Waals surface area contributed by atoms with E-state index in [9.17, 15) is 24.3 Å². The summed E-state index contributed by atoms with van der Waals surface area (Å²) in [7, 11) is 0. The van der Waals surface area contributed by atoms with Gasteiger partial charge in [0.1, 0.15) is 18.3 Å². The molecule has 8 nitrogen and oxygen atoms in total. The minimum atomic E-state index is -1.08. The average Bonchev–Trinajstić information content (AvgIpc) is 3.04. The molecule has 3 rings (SSSR count). The molecular formula is C20H24N2O6S. The van der Waals surface area contributed by atoms with Gasteiger partial charge in [-0.1, -0.05) is 42.1 Å². The third kappa shape index (κ3) is 5.16. The predicted octanol–water partition coefficient (Wildman–Crippen LogP) is 1.18. The average molecular weight is 420 g/mol. The minimum absolute atomic E-state index is 0.192. The first-order valence-corrected chi connectivity index (χ1v) is 10.4. The summed E-state index contributed by atoms with van der Waals surface area (Å²) in [6, 6.07) is 7.50. The van der Waals surface area contributed by atoms with E-state index in [-0.39, 0.29) is 18.1 Å². The van der Waals surface area contributed by atoms with Crippen LogP contribution in [-0.2, 0) is 30.3 Å². The summed E-state index contributed by atoms with van der Waals surface area (Å²) in [5, 5.41) is 11.3. The summed E-state index contributed by atoms with van der Waals surface area (Å²) in [5.74, 6) is -1.94. The molecule has 0 spiro atoms. The number of nitrogens with zero attached hydrogens (tertiary/aromatic N) is 1. The monoisotopic (exact) mass is 420 g/mol. The van der Waals surface area contributed by atoms with Gasteiger partial charge in [-0.25, -0.2) is 4.79 Å². The van der Waals surface area contributed by atoms with Crippen molar-refractivity contribution in [2.24, 2.45) is 0 Å². The number of rotatable bonds is 6. The molecule has 2 amide bonds. The fourth-order valence-electron chi connectivity index (χ4n) is 3.72. The van der Waals surface area contributed by atoms with Crippen LogP contribution in [0.5, 0.6) is 0 Å². The van der Waals surface area contributed by atoms with E-state index in [1.807, 2.05) is 30.3 Å². The Balaban J connectivity index is 1.73. The lowest BCUT2D eigenvalue weighted by molar-refractivity contribution is -0.155. The maximum absolute atomic E-state index is 13.0. The molecule has 156 valence electrons. The van der Waals surface area contributed by atoms with Gasteiger partial charge >= 0.3 is 5.97 Å². The second kappa shape index (κ2) is 9.41. The van der Waals surface area contributed by atoms with Gasteiger partial charge in [-0.15, -0.1) is 0 Å². The SMILES string of the molecule is CC(=O)SC(Cc1ccccc1)C(=O)NC1CCOC2CCC(C(=O)O)N2C1=O. The van der Waals surface area contributed by atoms with Crippen LogP contribution in [0.4, 0.5) is 0 Å². The molecule has 2 aliphatic rings. The van der Waals surface area contributed by atoms with Gasteiger partial charge in [-0.05, 0) is 24.8 Å². The number of ether oxygens (including phenoxy) is 1. The van der Waals surface area contributed by atoms with Crippen molar-refractivity contribution >= 4 is 34.7 Å². The zero-order valence-corrected chi connectivity index (χ0v) is 16.9. The van der Waals surface area contributed by atoms with Crippen molar-refractivity contribution in [2.75, 3.05) is 6.61 Å². The van der Waals surface area contributed by atoms with Crippen LogP contribution in [0.15, 0.2) is 30.3 Å². The number of carbonyl (C=O) groups excluding carboxylic acids is 3. The number of thioether (sulfide) groups is 1. The van der Waals surface area contributed by atoms with Crippen molar-refractivity contribution in [3.05, 3.63) is 35.9 Å². The van der Waals surface area contributed by atoms with Gasteiger partial charge < -0.3 is 20.1 Å². The first kappa shape index (κ1) is 21.3. The number of aliphatic carboxylic acids is 1. The number of fused-ring (bicyclic) bond motifs is 1. The van der Waals surface area contributed by atoms with Crippen LogP contribution in [0.25, 0.3) is 0 Å². The molecule has 4 atom stereocenters. The van der Waals surface area contributed by atoms with Gasteiger partial charge in [-0.3, -0.25) is 14.4 Å². The Labute approximate surface area is 173 Å². The minimum Gasteiger partial charge on any atom is -0.480 e. The van der Waals surface area contributed by atoms with E-state index in [2.05, 4.69) is 5.32 Å². The molecule has 2 fully saturated rings. The Morgan fingerprint density at radius 1 is 1.24 bits per heavy atom. The Kier molecular flexibility index (Phi) is 6.92. The normalized spacial score (nSPS) is 25.1. The number of benzene rings is 1. The van der Waals surface area contributed by atoms with Crippen molar-refractivity contribution in [1.82, 2.24) is 10.2 Å². The molecule has 2 saturated heterocycles. The summed E-state index contributed by atoms with van der Waals surface area (Å²) in [6.45, 7) is 1.64. The van der Waals surface area contributed by atoms with E-state index < -0.39 is 41.3 Å². The fraction of sp³-hybridized carbons (Fsp3) is 0.500. The Morgan fingerprint density at radius 3 is 2.62 bits per heavy atom. The number of carboxylic acid groups (broad SMARTS) is 1. The maximum Gasteiger partial charge on any atom is 0.326 e. The lowest BCUT2D eigenvalue weighted by Gasteiger charge is -2.28. The highest BCUT2D eigenvalue weighted by Crippen LogP contribution is 2.29. The van der Waals surface area contributed by atoms with Gasteiger partial charge in [-0.2, -0.15) is 0 Å². The molecule has 9 heteroatoms. The van der Waals surface area contributed by atoms with Crippen molar-refractivity contribution in [3.63, 3.8) is 0 Å². The smallest absolute Gasteiger partial charge is 0.326 e. The molecule has 0 bridgehead atoms. The molecule has 2 heterocycles. The molecule has 0 aliphatic carbocycles. The van der Waals surface area contributed by atoms with E-state index in [4.69, 9.17) is 4.74 Å². The number of amides is 2. The van der Waals surface area contributed by atoms with Crippen LogP contribution in [0, 0.1) is 0 Å². The second-order valence-electron chi connectivity index (χ2n) is 7.14. The largest absolute Gasteiger partial charge is 0.480 e. The Hall–Kier alpha value is -2.39. The van der Waals surface area contributed by atoms with Gasteiger partial charge in [0.05, 0.1) is 11.9 Å². The van der Waals surface area contributed by atoms with E-state index >= 15 is 0 Å². The van der Waals surface area contributed by atoms with E-state index in [1.54, 1.807) is 0 Å². The van der Waals surface area contributed by atoms with E-state index in [0.717, 1.165) is 17.3 Å².